The van der Waals surface area contributed by atoms with Crippen molar-refractivity contribution in [3.05, 3.63) is 0 Å². The van der Waals surface area contributed by atoms with Crippen molar-refractivity contribution in [3.63, 3.8) is 0 Å². The molecular weight excluding hydrogens is 188 g/mol. The molecule has 0 saturated heterocycles. The lowest BCUT2D eigenvalue weighted by molar-refractivity contribution is -0.120. The number of Topliss-reactive ketones (excluding diaryl/α,β-unsaturated/α-hetero) is 1. The van der Waals surface area contributed by atoms with Crippen molar-refractivity contribution >= 4 is 5.78 Å². The van der Waals surface area contributed by atoms with Crippen LogP contribution in [0.5, 0.6) is 0 Å². The fourth-order valence-electron chi connectivity index (χ4n) is 2.02. The van der Waals surface area contributed by atoms with E-state index < -0.39 is 0 Å². The van der Waals surface area contributed by atoms with Crippen LogP contribution < -0.4 is 0 Å². The van der Waals surface area contributed by atoms with E-state index in [9.17, 15) is 4.79 Å². The molecule has 0 aliphatic heterocycles. The first-order valence-corrected chi connectivity index (χ1v) is 5.86. The number of carbonyl (C=O) groups excluding carboxylic acids is 1. The average Bonchev–Trinajstić information content (AvgIpc) is 2.00. The molecule has 0 spiro atoms. The number of rotatable bonds is 7. The van der Waals surface area contributed by atoms with Crippen LogP contribution in [0.4, 0.5) is 0 Å². The number of hydrogen-bond acceptors (Lipinski definition) is 2. The van der Waals surface area contributed by atoms with Crippen molar-refractivity contribution in [2.24, 2.45) is 11.3 Å². The first-order valence-electron chi connectivity index (χ1n) is 5.86. The summed E-state index contributed by atoms with van der Waals surface area (Å²) in [4.78, 5) is 11.6. The second kappa shape index (κ2) is 7.00. The number of carbonyl (C=O) groups is 1. The van der Waals surface area contributed by atoms with Crippen molar-refractivity contribution in [1.82, 2.24) is 0 Å². The maximum Gasteiger partial charge on any atom is 0.133 e. The standard InChI is InChI=1S/C13H26O2/c1-11(10-13(2,3)4)9-12(14)7-6-8-15-5/h11H,6-10H2,1-5H3. The van der Waals surface area contributed by atoms with Crippen molar-refractivity contribution in [2.45, 2.75) is 53.4 Å². The number of ketones is 1. The van der Waals surface area contributed by atoms with E-state index >= 15 is 0 Å². The zero-order chi connectivity index (χ0) is 11.9. The minimum atomic E-state index is 0.326. The molecule has 0 aromatic heterocycles. The number of ether oxygens (including phenoxy) is 1. The Kier molecular flexibility index (Phi) is 6.82. The van der Waals surface area contributed by atoms with Crippen molar-refractivity contribution in [2.75, 3.05) is 13.7 Å². The zero-order valence-electron chi connectivity index (χ0n) is 10.9. The van der Waals surface area contributed by atoms with Crippen LogP contribution in [0.25, 0.3) is 0 Å². The molecule has 0 radical (unpaired) electrons. The van der Waals surface area contributed by atoms with Gasteiger partial charge in [-0.2, -0.15) is 0 Å². The smallest absolute Gasteiger partial charge is 0.133 e. The fourth-order valence-corrected chi connectivity index (χ4v) is 2.02. The summed E-state index contributed by atoms with van der Waals surface area (Å²) in [6.07, 6.45) is 3.36. The molecule has 0 bridgehead atoms. The Morgan fingerprint density at radius 3 is 2.40 bits per heavy atom. The Morgan fingerprint density at radius 1 is 1.33 bits per heavy atom. The fraction of sp³-hybridized carbons (Fsp3) is 0.923. The highest BCUT2D eigenvalue weighted by molar-refractivity contribution is 5.78. The van der Waals surface area contributed by atoms with Crippen LogP contribution in [-0.2, 0) is 9.53 Å². The van der Waals surface area contributed by atoms with E-state index in [-0.39, 0.29) is 0 Å². The normalized spacial score (nSPS) is 13.9. The Bertz CT molecular complexity index is 179. The minimum Gasteiger partial charge on any atom is -0.385 e. The van der Waals surface area contributed by atoms with Crippen LogP contribution in [0, 0.1) is 11.3 Å². The van der Waals surface area contributed by atoms with Crippen molar-refractivity contribution in [1.29, 1.82) is 0 Å². The summed E-state index contributed by atoms with van der Waals surface area (Å²) in [7, 11) is 1.67. The summed E-state index contributed by atoms with van der Waals surface area (Å²) < 4.78 is 4.93. The largest absolute Gasteiger partial charge is 0.385 e. The van der Waals surface area contributed by atoms with E-state index in [2.05, 4.69) is 27.7 Å². The van der Waals surface area contributed by atoms with Gasteiger partial charge >= 0.3 is 0 Å². The third-order valence-corrected chi connectivity index (χ3v) is 2.34. The van der Waals surface area contributed by atoms with Crippen LogP contribution in [0.3, 0.4) is 0 Å². The minimum absolute atomic E-state index is 0.326. The molecule has 2 heteroatoms. The number of hydrogen-bond donors (Lipinski definition) is 0. The summed E-state index contributed by atoms with van der Waals surface area (Å²) in [5.74, 6) is 0.879. The molecule has 90 valence electrons. The molecule has 0 aromatic carbocycles. The summed E-state index contributed by atoms with van der Waals surface area (Å²) >= 11 is 0. The molecule has 0 fully saturated rings. The Morgan fingerprint density at radius 2 is 1.93 bits per heavy atom. The SMILES string of the molecule is COCCCC(=O)CC(C)CC(C)(C)C. The van der Waals surface area contributed by atoms with Gasteiger partial charge in [0.1, 0.15) is 5.78 Å². The maximum absolute atomic E-state index is 11.6. The molecule has 15 heavy (non-hydrogen) atoms. The van der Waals surface area contributed by atoms with E-state index in [1.54, 1.807) is 7.11 Å². The Balaban J connectivity index is 3.67. The highest BCUT2D eigenvalue weighted by atomic mass is 16.5. The zero-order valence-corrected chi connectivity index (χ0v) is 10.9. The van der Waals surface area contributed by atoms with Gasteiger partial charge in [-0.3, -0.25) is 4.79 Å². The molecule has 0 amide bonds. The summed E-state index contributed by atoms with van der Waals surface area (Å²) in [6, 6.07) is 0. The van der Waals surface area contributed by atoms with Gasteiger partial charge in [0.25, 0.3) is 0 Å². The van der Waals surface area contributed by atoms with E-state index in [1.807, 2.05) is 0 Å². The van der Waals surface area contributed by atoms with Gasteiger partial charge in [0.2, 0.25) is 0 Å². The first-order chi connectivity index (χ1) is 6.85. The maximum atomic E-state index is 11.6. The summed E-state index contributed by atoms with van der Waals surface area (Å²) in [6.45, 7) is 9.52. The third kappa shape index (κ3) is 9.92. The average molecular weight is 214 g/mol. The van der Waals surface area contributed by atoms with Crippen LogP contribution in [0.2, 0.25) is 0 Å². The second-order valence-corrected chi connectivity index (χ2v) is 5.71. The van der Waals surface area contributed by atoms with Crippen LogP contribution in [0.1, 0.15) is 53.4 Å². The molecule has 0 aliphatic rings. The topological polar surface area (TPSA) is 26.3 Å². The molecule has 0 aromatic rings. The molecule has 1 atom stereocenters. The van der Waals surface area contributed by atoms with E-state index in [0.717, 1.165) is 19.3 Å². The second-order valence-electron chi connectivity index (χ2n) is 5.71. The van der Waals surface area contributed by atoms with Gasteiger partial charge < -0.3 is 4.74 Å². The summed E-state index contributed by atoms with van der Waals surface area (Å²) in [5.41, 5.74) is 0.326. The molecule has 0 saturated carbocycles. The van der Waals surface area contributed by atoms with Gasteiger partial charge in [0.15, 0.2) is 0 Å². The van der Waals surface area contributed by atoms with Crippen molar-refractivity contribution < 1.29 is 9.53 Å². The van der Waals surface area contributed by atoms with Crippen LogP contribution in [0.15, 0.2) is 0 Å². The Hall–Kier alpha value is -0.370. The molecule has 0 aliphatic carbocycles. The monoisotopic (exact) mass is 214 g/mol. The lowest BCUT2D eigenvalue weighted by Gasteiger charge is -2.22. The predicted molar refractivity (Wildman–Crippen MR) is 64.0 cm³/mol. The molecular formula is C13H26O2. The van der Waals surface area contributed by atoms with Gasteiger partial charge in [0, 0.05) is 26.6 Å². The lowest BCUT2D eigenvalue weighted by Crippen LogP contribution is -2.14. The van der Waals surface area contributed by atoms with Gasteiger partial charge in [-0.15, -0.1) is 0 Å². The Labute approximate surface area is 94.4 Å². The van der Waals surface area contributed by atoms with Gasteiger partial charge in [0.05, 0.1) is 0 Å². The lowest BCUT2D eigenvalue weighted by atomic mass is 9.83. The van der Waals surface area contributed by atoms with Crippen molar-refractivity contribution in [3.8, 4) is 0 Å². The molecule has 0 N–H and O–H groups in total. The third-order valence-electron chi connectivity index (χ3n) is 2.34. The molecule has 0 rings (SSSR count). The first kappa shape index (κ1) is 14.6. The predicted octanol–water partition coefficient (Wildman–Crippen LogP) is 3.44. The van der Waals surface area contributed by atoms with Crippen LogP contribution >= 0.6 is 0 Å². The number of methoxy groups -OCH3 is 1. The summed E-state index contributed by atoms with van der Waals surface area (Å²) in [5, 5.41) is 0. The van der Waals surface area contributed by atoms with Gasteiger partial charge in [-0.05, 0) is 24.2 Å². The van der Waals surface area contributed by atoms with Gasteiger partial charge in [-0.25, -0.2) is 0 Å². The highest BCUT2D eigenvalue weighted by Gasteiger charge is 2.17. The van der Waals surface area contributed by atoms with E-state index in [0.29, 0.717) is 30.1 Å². The molecule has 2 nitrogen and oxygen atoms in total. The van der Waals surface area contributed by atoms with Gasteiger partial charge in [-0.1, -0.05) is 27.7 Å². The molecule has 1 unspecified atom stereocenters. The van der Waals surface area contributed by atoms with E-state index in [1.165, 1.54) is 0 Å². The molecule has 0 heterocycles. The highest BCUT2D eigenvalue weighted by Crippen LogP contribution is 2.26. The van der Waals surface area contributed by atoms with E-state index in [4.69, 9.17) is 4.74 Å². The quantitative estimate of drug-likeness (QED) is 0.607. The van der Waals surface area contributed by atoms with Crippen LogP contribution in [-0.4, -0.2) is 19.5 Å².